The molecule has 0 aromatic heterocycles. The molecule has 0 rings (SSSR count). The highest BCUT2D eigenvalue weighted by atomic mass is 28.4. The van der Waals surface area contributed by atoms with Crippen LogP contribution >= 0.6 is 0 Å². The zero-order valence-electron chi connectivity index (χ0n) is 21.9. The van der Waals surface area contributed by atoms with Gasteiger partial charge in [0.2, 0.25) is 0 Å². The van der Waals surface area contributed by atoms with Gasteiger partial charge in [-0.05, 0) is 76.9 Å². The zero-order chi connectivity index (χ0) is 25.1. The van der Waals surface area contributed by atoms with Gasteiger partial charge in [0.05, 0.1) is 18.2 Å². The molecule has 0 aliphatic heterocycles. The van der Waals surface area contributed by atoms with Gasteiger partial charge in [-0.1, -0.05) is 34.6 Å². The fraction of sp³-hybridized carbons (Fsp3) is 0.917. The number of rotatable bonds is 15. The van der Waals surface area contributed by atoms with Crippen LogP contribution in [0, 0.1) is 11.8 Å². The van der Waals surface area contributed by atoms with E-state index < -0.39 is 38.1 Å². The minimum Gasteiger partial charge on any atom is -0.481 e. The summed E-state index contributed by atoms with van der Waals surface area (Å²) in [7, 11) is -1.96. The SMILES string of the molecule is CC[Si](CC)(CC)O[C@H](C)[C@@H](NC(=O)OC(C)(C)C)[C@@H](O)C[C@H](CCC(=O)O)CC(C)C. The normalized spacial score (nSPS) is 16.3. The van der Waals surface area contributed by atoms with Crippen molar-refractivity contribution in [3.63, 3.8) is 0 Å². The lowest BCUT2D eigenvalue weighted by Gasteiger charge is -2.38. The van der Waals surface area contributed by atoms with Gasteiger partial charge in [-0.15, -0.1) is 0 Å². The summed E-state index contributed by atoms with van der Waals surface area (Å²) in [6.07, 6.45) is -0.0567. The van der Waals surface area contributed by atoms with Crippen molar-refractivity contribution in [1.82, 2.24) is 5.32 Å². The predicted octanol–water partition coefficient (Wildman–Crippen LogP) is 5.57. The number of alkyl carbamates (subject to hydrolysis) is 1. The number of carbonyl (C=O) groups excluding carboxylic acids is 1. The van der Waals surface area contributed by atoms with Crippen LogP contribution in [0.5, 0.6) is 0 Å². The first kappa shape index (κ1) is 30.9. The number of hydrogen-bond donors (Lipinski definition) is 3. The number of aliphatic hydroxyl groups excluding tert-OH is 1. The number of ether oxygens (including phenoxy) is 1. The van der Waals surface area contributed by atoms with Gasteiger partial charge in [0.15, 0.2) is 8.32 Å². The van der Waals surface area contributed by atoms with E-state index in [1.807, 2.05) is 6.92 Å². The van der Waals surface area contributed by atoms with Crippen molar-refractivity contribution in [2.45, 2.75) is 130 Å². The van der Waals surface area contributed by atoms with E-state index in [2.05, 4.69) is 39.9 Å². The van der Waals surface area contributed by atoms with Crippen molar-refractivity contribution in [2.75, 3.05) is 0 Å². The summed E-state index contributed by atoms with van der Waals surface area (Å²) in [6.45, 7) is 17.9. The molecule has 8 heteroatoms. The van der Waals surface area contributed by atoms with E-state index in [1.54, 1.807) is 20.8 Å². The molecule has 0 spiro atoms. The van der Waals surface area contributed by atoms with Gasteiger partial charge in [0, 0.05) is 6.42 Å². The van der Waals surface area contributed by atoms with Gasteiger partial charge in [-0.25, -0.2) is 4.79 Å². The van der Waals surface area contributed by atoms with E-state index in [0.29, 0.717) is 18.8 Å². The summed E-state index contributed by atoms with van der Waals surface area (Å²) in [5.74, 6) is -0.410. The maximum absolute atomic E-state index is 12.6. The lowest BCUT2D eigenvalue weighted by molar-refractivity contribution is -0.137. The Hall–Kier alpha value is -1.12. The smallest absolute Gasteiger partial charge is 0.408 e. The number of carboxylic acid groups (broad SMARTS) is 1. The largest absolute Gasteiger partial charge is 0.481 e. The second kappa shape index (κ2) is 14.2. The molecule has 0 aromatic rings. The fourth-order valence-corrected chi connectivity index (χ4v) is 7.19. The first-order valence-corrected chi connectivity index (χ1v) is 14.8. The van der Waals surface area contributed by atoms with E-state index >= 15 is 0 Å². The van der Waals surface area contributed by atoms with Crippen molar-refractivity contribution in [3.05, 3.63) is 0 Å². The van der Waals surface area contributed by atoms with Crippen LogP contribution < -0.4 is 5.32 Å². The standard InChI is InChI=1S/C24H49NO6Si/c1-10-32(11-2,12-3)31-18(6)22(25-23(29)30-24(7,8)9)20(26)16-19(15-17(4)5)13-14-21(27)28/h17-20,22,26H,10-16H2,1-9H3,(H,25,29)(H,27,28)/t18-,19-,20+,22-/m1/s1. The molecule has 0 heterocycles. The quantitative estimate of drug-likeness (QED) is 0.267. The Morgan fingerprint density at radius 2 is 1.53 bits per heavy atom. The Morgan fingerprint density at radius 3 is 1.94 bits per heavy atom. The van der Waals surface area contributed by atoms with Gasteiger partial charge in [0.25, 0.3) is 0 Å². The van der Waals surface area contributed by atoms with E-state index in [1.165, 1.54) is 0 Å². The second-order valence-electron chi connectivity index (χ2n) is 10.5. The van der Waals surface area contributed by atoms with Crippen molar-refractivity contribution >= 4 is 20.4 Å². The number of nitrogens with one attached hydrogen (secondary N) is 1. The predicted molar refractivity (Wildman–Crippen MR) is 131 cm³/mol. The van der Waals surface area contributed by atoms with Crippen LogP contribution in [0.4, 0.5) is 4.79 Å². The summed E-state index contributed by atoms with van der Waals surface area (Å²) in [5, 5.41) is 23.2. The first-order valence-electron chi connectivity index (χ1n) is 12.3. The molecule has 7 nitrogen and oxygen atoms in total. The maximum Gasteiger partial charge on any atom is 0.408 e. The highest BCUT2D eigenvalue weighted by Gasteiger charge is 2.37. The number of carbonyl (C=O) groups is 2. The number of amides is 1. The van der Waals surface area contributed by atoms with Crippen molar-refractivity contribution < 1.29 is 29.0 Å². The molecule has 0 saturated carbocycles. The van der Waals surface area contributed by atoms with Crippen LogP contribution in [-0.4, -0.2) is 54.4 Å². The Morgan fingerprint density at radius 1 is 1.00 bits per heavy atom. The average molecular weight is 476 g/mol. The molecule has 0 bridgehead atoms. The Bertz CT molecular complexity index is 551. The third-order valence-electron chi connectivity index (χ3n) is 6.12. The number of aliphatic carboxylic acids is 1. The Balaban J connectivity index is 5.65. The molecule has 3 N–H and O–H groups in total. The first-order chi connectivity index (χ1) is 14.7. The van der Waals surface area contributed by atoms with Crippen LogP contribution in [0.1, 0.15) is 88.0 Å². The molecular formula is C24H49NO6Si. The summed E-state index contributed by atoms with van der Waals surface area (Å²) >= 11 is 0. The van der Waals surface area contributed by atoms with E-state index in [-0.39, 0.29) is 18.4 Å². The molecule has 190 valence electrons. The van der Waals surface area contributed by atoms with Gasteiger partial charge in [-0.2, -0.15) is 0 Å². The van der Waals surface area contributed by atoms with Gasteiger partial charge in [-0.3, -0.25) is 4.79 Å². The van der Waals surface area contributed by atoms with Crippen LogP contribution in [0.3, 0.4) is 0 Å². The maximum atomic E-state index is 12.6. The molecule has 0 aromatic carbocycles. The second-order valence-corrected chi connectivity index (χ2v) is 15.2. The Kier molecular flexibility index (Phi) is 13.7. The van der Waals surface area contributed by atoms with Crippen LogP contribution in [0.25, 0.3) is 0 Å². The highest BCUT2D eigenvalue weighted by Crippen LogP contribution is 2.28. The fourth-order valence-electron chi connectivity index (χ4n) is 4.25. The van der Waals surface area contributed by atoms with Crippen LogP contribution in [0.15, 0.2) is 0 Å². The summed E-state index contributed by atoms with van der Waals surface area (Å²) in [4.78, 5) is 23.7. The molecule has 4 atom stereocenters. The monoisotopic (exact) mass is 475 g/mol. The molecule has 0 unspecified atom stereocenters. The zero-order valence-corrected chi connectivity index (χ0v) is 22.9. The number of aliphatic hydroxyl groups is 1. The van der Waals surface area contributed by atoms with Crippen LogP contribution in [-0.2, 0) is 14.0 Å². The minimum atomic E-state index is -1.96. The summed E-state index contributed by atoms with van der Waals surface area (Å²) in [5.41, 5.74) is -0.653. The molecule has 1 amide bonds. The molecule has 0 aliphatic carbocycles. The topological polar surface area (TPSA) is 105 Å². The molecule has 0 radical (unpaired) electrons. The lowest BCUT2D eigenvalue weighted by Crippen LogP contribution is -2.55. The van der Waals surface area contributed by atoms with Crippen molar-refractivity contribution in [1.29, 1.82) is 0 Å². The molecular weight excluding hydrogens is 426 g/mol. The van der Waals surface area contributed by atoms with E-state index in [4.69, 9.17) is 14.3 Å². The summed E-state index contributed by atoms with van der Waals surface area (Å²) in [6, 6.07) is 2.26. The van der Waals surface area contributed by atoms with Gasteiger partial charge >= 0.3 is 12.1 Å². The third-order valence-corrected chi connectivity index (χ3v) is 10.9. The van der Waals surface area contributed by atoms with E-state index in [9.17, 15) is 14.7 Å². The Labute approximate surface area is 196 Å². The molecule has 0 aliphatic rings. The average Bonchev–Trinajstić information content (AvgIpc) is 2.66. The highest BCUT2D eigenvalue weighted by molar-refractivity contribution is 6.73. The summed E-state index contributed by atoms with van der Waals surface area (Å²) < 4.78 is 12.0. The van der Waals surface area contributed by atoms with Crippen LogP contribution in [0.2, 0.25) is 18.1 Å². The van der Waals surface area contributed by atoms with Crippen molar-refractivity contribution in [2.24, 2.45) is 11.8 Å². The molecule has 32 heavy (non-hydrogen) atoms. The lowest BCUT2D eigenvalue weighted by atomic mass is 9.86. The molecule has 0 fully saturated rings. The molecule has 0 saturated heterocycles. The third kappa shape index (κ3) is 12.2. The van der Waals surface area contributed by atoms with Gasteiger partial charge < -0.3 is 24.7 Å². The number of hydrogen-bond acceptors (Lipinski definition) is 5. The minimum absolute atomic E-state index is 0.0433. The van der Waals surface area contributed by atoms with Gasteiger partial charge in [0.1, 0.15) is 5.60 Å². The van der Waals surface area contributed by atoms with Crippen molar-refractivity contribution in [3.8, 4) is 0 Å². The van der Waals surface area contributed by atoms with E-state index in [0.717, 1.165) is 24.6 Å². The number of carboxylic acids is 1.